The van der Waals surface area contributed by atoms with Crippen LogP contribution in [0.25, 0.3) is 5.65 Å². The van der Waals surface area contributed by atoms with E-state index in [1.807, 2.05) is 39.9 Å². The van der Waals surface area contributed by atoms with Gasteiger partial charge in [-0.3, -0.25) is 19.8 Å². The first-order chi connectivity index (χ1) is 13.5. The number of rotatable bonds is 5. The highest BCUT2D eigenvalue weighted by Gasteiger charge is 2.25. The highest BCUT2D eigenvalue weighted by molar-refractivity contribution is 5.95. The number of carbonyl (C=O) groups excluding carboxylic acids is 1. The van der Waals surface area contributed by atoms with E-state index >= 15 is 0 Å². The number of imidazole rings is 1. The summed E-state index contributed by atoms with van der Waals surface area (Å²) in [5.74, 6) is -0.174. The number of pyridine rings is 1. The normalized spacial score (nSPS) is 15.1. The molecule has 2 aromatic heterocycles. The standard InChI is InChI=1S/C20H21N5O3/c1-15(26)16-5-6-18(19(12-16)25(27)28)23-10-8-22(9-11-23)13-17-14-24-7-3-2-4-20(24)21-17/h2-7,12,14H,8-11,13H2,1H3. The van der Waals surface area contributed by atoms with Crippen LogP contribution in [0.2, 0.25) is 0 Å². The van der Waals surface area contributed by atoms with E-state index in [1.165, 1.54) is 13.0 Å². The number of hydrogen-bond acceptors (Lipinski definition) is 6. The van der Waals surface area contributed by atoms with Gasteiger partial charge < -0.3 is 9.30 Å². The molecule has 0 spiro atoms. The van der Waals surface area contributed by atoms with Crippen molar-refractivity contribution >= 4 is 22.8 Å². The van der Waals surface area contributed by atoms with Crippen LogP contribution >= 0.6 is 0 Å². The third kappa shape index (κ3) is 3.59. The summed E-state index contributed by atoms with van der Waals surface area (Å²) in [6.07, 6.45) is 4.01. The van der Waals surface area contributed by atoms with Crippen LogP contribution in [0, 0.1) is 10.1 Å². The Kier molecular flexibility index (Phi) is 4.79. The summed E-state index contributed by atoms with van der Waals surface area (Å²) < 4.78 is 2.01. The first-order valence-corrected chi connectivity index (χ1v) is 9.20. The van der Waals surface area contributed by atoms with Crippen LogP contribution in [-0.4, -0.2) is 51.2 Å². The first kappa shape index (κ1) is 18.1. The van der Waals surface area contributed by atoms with Crippen LogP contribution < -0.4 is 4.90 Å². The Morgan fingerprint density at radius 1 is 1.18 bits per heavy atom. The van der Waals surface area contributed by atoms with E-state index in [2.05, 4.69) is 9.88 Å². The fourth-order valence-electron chi connectivity index (χ4n) is 3.60. The van der Waals surface area contributed by atoms with Crippen molar-refractivity contribution in [2.24, 2.45) is 0 Å². The maximum absolute atomic E-state index is 11.5. The Bertz CT molecular complexity index is 1000. The van der Waals surface area contributed by atoms with E-state index in [-0.39, 0.29) is 11.5 Å². The lowest BCUT2D eigenvalue weighted by Crippen LogP contribution is -2.46. The maximum Gasteiger partial charge on any atom is 0.293 e. The number of nitrogens with zero attached hydrogens (tertiary/aromatic N) is 5. The van der Waals surface area contributed by atoms with Crippen LogP contribution in [0.15, 0.2) is 48.8 Å². The zero-order valence-corrected chi connectivity index (χ0v) is 15.6. The van der Waals surface area contributed by atoms with E-state index in [9.17, 15) is 14.9 Å². The number of hydrogen-bond donors (Lipinski definition) is 0. The van der Waals surface area contributed by atoms with Crippen molar-refractivity contribution in [1.29, 1.82) is 0 Å². The number of aromatic nitrogens is 2. The van der Waals surface area contributed by atoms with Gasteiger partial charge in [0.15, 0.2) is 5.78 Å². The fraction of sp³-hybridized carbons (Fsp3) is 0.300. The second kappa shape index (κ2) is 7.40. The SMILES string of the molecule is CC(=O)c1ccc(N2CCN(Cc3cn4ccccc4n3)CC2)c([N+](=O)[O-])c1. The molecular weight excluding hydrogens is 358 g/mol. The fourth-order valence-corrected chi connectivity index (χ4v) is 3.60. The molecule has 1 aliphatic rings. The summed E-state index contributed by atoms with van der Waals surface area (Å²) in [6, 6.07) is 10.6. The molecule has 0 aliphatic carbocycles. The monoisotopic (exact) mass is 379 g/mol. The molecule has 0 unspecified atom stereocenters. The summed E-state index contributed by atoms with van der Waals surface area (Å²) in [7, 11) is 0. The van der Waals surface area contributed by atoms with Gasteiger partial charge in [-0.15, -0.1) is 0 Å². The summed E-state index contributed by atoms with van der Waals surface area (Å²) in [4.78, 5) is 31.6. The highest BCUT2D eigenvalue weighted by Crippen LogP contribution is 2.30. The van der Waals surface area contributed by atoms with Crippen molar-refractivity contribution in [3.05, 3.63) is 70.2 Å². The minimum absolute atomic E-state index is 0.0125. The molecule has 1 fully saturated rings. The largest absolute Gasteiger partial charge is 0.363 e. The molecule has 28 heavy (non-hydrogen) atoms. The molecule has 0 atom stereocenters. The molecule has 3 aromatic rings. The molecule has 1 aromatic carbocycles. The van der Waals surface area contributed by atoms with E-state index in [0.29, 0.717) is 24.3 Å². The van der Waals surface area contributed by atoms with Crippen molar-refractivity contribution in [2.45, 2.75) is 13.5 Å². The second-order valence-electron chi connectivity index (χ2n) is 6.98. The van der Waals surface area contributed by atoms with Crippen molar-refractivity contribution < 1.29 is 9.72 Å². The number of nitro benzene ring substituents is 1. The van der Waals surface area contributed by atoms with Gasteiger partial charge in [-0.25, -0.2) is 4.98 Å². The molecule has 1 aliphatic heterocycles. The van der Waals surface area contributed by atoms with Gasteiger partial charge in [-0.1, -0.05) is 6.07 Å². The zero-order chi connectivity index (χ0) is 19.7. The smallest absolute Gasteiger partial charge is 0.293 e. The lowest BCUT2D eigenvalue weighted by atomic mass is 10.1. The molecule has 0 saturated carbocycles. The maximum atomic E-state index is 11.5. The molecular formula is C20H21N5O3. The number of Topliss-reactive ketones (excluding diaryl/α,β-unsaturated/α-hetero) is 1. The minimum atomic E-state index is -0.412. The van der Waals surface area contributed by atoms with Gasteiger partial charge in [-0.05, 0) is 31.2 Å². The van der Waals surface area contributed by atoms with Gasteiger partial charge in [0.2, 0.25) is 0 Å². The molecule has 8 nitrogen and oxygen atoms in total. The summed E-state index contributed by atoms with van der Waals surface area (Å²) in [6.45, 7) is 5.12. The third-order valence-corrected chi connectivity index (χ3v) is 5.09. The Morgan fingerprint density at radius 2 is 1.96 bits per heavy atom. The predicted octanol–water partition coefficient (Wildman–Crippen LogP) is 2.77. The molecule has 0 N–H and O–H groups in total. The number of benzene rings is 1. The molecule has 3 heterocycles. The number of anilines is 1. The Labute approximate surface area is 162 Å². The number of nitro groups is 1. The summed E-state index contributed by atoms with van der Waals surface area (Å²) in [5, 5.41) is 11.5. The van der Waals surface area contributed by atoms with E-state index in [0.717, 1.165) is 31.0 Å². The molecule has 4 rings (SSSR count). The number of carbonyl (C=O) groups is 1. The predicted molar refractivity (Wildman–Crippen MR) is 106 cm³/mol. The minimum Gasteiger partial charge on any atom is -0.363 e. The average molecular weight is 379 g/mol. The van der Waals surface area contributed by atoms with E-state index in [1.54, 1.807) is 12.1 Å². The topological polar surface area (TPSA) is 84.0 Å². The van der Waals surface area contributed by atoms with Crippen LogP contribution in [0.3, 0.4) is 0 Å². The molecule has 0 bridgehead atoms. The molecule has 0 radical (unpaired) electrons. The zero-order valence-electron chi connectivity index (χ0n) is 15.6. The molecule has 0 amide bonds. The summed E-state index contributed by atoms with van der Waals surface area (Å²) >= 11 is 0. The van der Waals surface area contributed by atoms with Crippen molar-refractivity contribution in [1.82, 2.24) is 14.3 Å². The third-order valence-electron chi connectivity index (χ3n) is 5.09. The molecule has 144 valence electrons. The van der Waals surface area contributed by atoms with Crippen molar-refractivity contribution in [3.63, 3.8) is 0 Å². The van der Waals surface area contributed by atoms with Crippen molar-refractivity contribution in [3.8, 4) is 0 Å². The molecule has 8 heteroatoms. The first-order valence-electron chi connectivity index (χ1n) is 9.20. The van der Waals surface area contributed by atoms with Gasteiger partial charge in [0.25, 0.3) is 5.69 Å². The van der Waals surface area contributed by atoms with Gasteiger partial charge in [0.1, 0.15) is 11.3 Å². The van der Waals surface area contributed by atoms with E-state index in [4.69, 9.17) is 0 Å². The van der Waals surface area contributed by atoms with Gasteiger partial charge in [0, 0.05) is 56.7 Å². The highest BCUT2D eigenvalue weighted by atomic mass is 16.6. The number of ketones is 1. The Hall–Kier alpha value is -3.26. The lowest BCUT2D eigenvalue weighted by Gasteiger charge is -2.35. The molecule has 1 saturated heterocycles. The van der Waals surface area contributed by atoms with Crippen LogP contribution in [0.4, 0.5) is 11.4 Å². The van der Waals surface area contributed by atoms with Gasteiger partial charge in [-0.2, -0.15) is 0 Å². The Morgan fingerprint density at radius 3 is 2.64 bits per heavy atom. The quantitative estimate of drug-likeness (QED) is 0.385. The lowest BCUT2D eigenvalue weighted by molar-refractivity contribution is -0.384. The Balaban J connectivity index is 1.45. The van der Waals surface area contributed by atoms with E-state index < -0.39 is 4.92 Å². The van der Waals surface area contributed by atoms with Crippen molar-refractivity contribution in [2.75, 3.05) is 31.1 Å². The number of piperazine rings is 1. The average Bonchev–Trinajstić information content (AvgIpc) is 3.10. The second-order valence-corrected chi connectivity index (χ2v) is 6.98. The summed E-state index contributed by atoms with van der Waals surface area (Å²) in [5.41, 5.74) is 2.86. The number of fused-ring (bicyclic) bond motifs is 1. The van der Waals surface area contributed by atoms with Gasteiger partial charge in [0.05, 0.1) is 10.6 Å². The van der Waals surface area contributed by atoms with Crippen LogP contribution in [-0.2, 0) is 6.54 Å². The van der Waals surface area contributed by atoms with Crippen LogP contribution in [0.1, 0.15) is 23.0 Å². The van der Waals surface area contributed by atoms with Crippen LogP contribution in [0.5, 0.6) is 0 Å². The van der Waals surface area contributed by atoms with Gasteiger partial charge >= 0.3 is 0 Å².